The monoisotopic (exact) mass is 285 g/mol. The van der Waals surface area contributed by atoms with Crippen molar-refractivity contribution in [3.05, 3.63) is 53.6 Å². The van der Waals surface area contributed by atoms with E-state index in [1.54, 1.807) is 0 Å². The second-order valence-corrected chi connectivity index (χ2v) is 4.98. The molecule has 0 aliphatic rings. The summed E-state index contributed by atoms with van der Waals surface area (Å²) in [6.07, 6.45) is 4.78. The van der Waals surface area contributed by atoms with Crippen LogP contribution in [0.1, 0.15) is 43.3 Å². The predicted octanol–water partition coefficient (Wildman–Crippen LogP) is 3.42. The van der Waals surface area contributed by atoms with Gasteiger partial charge in [-0.2, -0.15) is 0 Å². The van der Waals surface area contributed by atoms with Gasteiger partial charge in [0.25, 0.3) is 0 Å². The van der Waals surface area contributed by atoms with Crippen LogP contribution in [0.3, 0.4) is 0 Å². The Morgan fingerprint density at radius 3 is 2.33 bits per heavy atom. The molecule has 21 heavy (non-hydrogen) atoms. The van der Waals surface area contributed by atoms with E-state index in [4.69, 9.17) is 4.74 Å². The summed E-state index contributed by atoms with van der Waals surface area (Å²) in [6, 6.07) is 8.62. The maximum absolute atomic E-state index is 5.48. The van der Waals surface area contributed by atoms with Gasteiger partial charge in [0, 0.05) is 30.5 Å². The second kappa shape index (κ2) is 7.74. The van der Waals surface area contributed by atoms with Crippen molar-refractivity contribution in [2.45, 2.75) is 39.8 Å². The van der Waals surface area contributed by atoms with Crippen LogP contribution in [0.5, 0.6) is 5.75 Å². The smallest absolute Gasteiger partial charge is 0.125 e. The first-order valence-corrected chi connectivity index (χ1v) is 7.46. The molecule has 0 aliphatic heterocycles. The topological polar surface area (TPSA) is 47.0 Å². The largest absolute Gasteiger partial charge is 0.494 e. The minimum Gasteiger partial charge on any atom is -0.494 e. The Bertz CT molecular complexity index is 537. The lowest BCUT2D eigenvalue weighted by molar-refractivity contribution is 0.340. The van der Waals surface area contributed by atoms with Crippen molar-refractivity contribution in [3.8, 4) is 5.75 Å². The van der Waals surface area contributed by atoms with Gasteiger partial charge in [-0.3, -0.25) is 0 Å². The van der Waals surface area contributed by atoms with Gasteiger partial charge in [-0.1, -0.05) is 19.1 Å². The van der Waals surface area contributed by atoms with E-state index in [2.05, 4.69) is 34.3 Å². The van der Waals surface area contributed by atoms with Crippen LogP contribution in [0.15, 0.2) is 36.7 Å². The Morgan fingerprint density at radius 2 is 1.76 bits per heavy atom. The Kier molecular flexibility index (Phi) is 5.69. The number of hydrogen-bond acceptors (Lipinski definition) is 4. The molecule has 4 nitrogen and oxygen atoms in total. The molecular weight excluding hydrogens is 262 g/mol. The average molecular weight is 285 g/mol. The normalized spacial score (nSPS) is 12.1. The molecule has 0 radical (unpaired) electrons. The molecule has 1 aromatic heterocycles. The zero-order chi connectivity index (χ0) is 15.1. The SMILES string of the molecule is CCOc1ccc([C@H](CC)NCc2cnc(C)nc2)cc1. The van der Waals surface area contributed by atoms with Crippen LogP contribution >= 0.6 is 0 Å². The summed E-state index contributed by atoms with van der Waals surface area (Å²) >= 11 is 0. The number of ether oxygens (including phenoxy) is 1. The Balaban J connectivity index is 1.97. The van der Waals surface area contributed by atoms with E-state index in [0.717, 1.165) is 30.1 Å². The molecule has 0 fully saturated rings. The Hall–Kier alpha value is -1.94. The zero-order valence-electron chi connectivity index (χ0n) is 13.0. The first-order chi connectivity index (χ1) is 10.2. The summed E-state index contributed by atoms with van der Waals surface area (Å²) < 4.78 is 5.48. The molecule has 0 aliphatic carbocycles. The molecule has 4 heteroatoms. The van der Waals surface area contributed by atoms with Gasteiger partial charge >= 0.3 is 0 Å². The summed E-state index contributed by atoms with van der Waals surface area (Å²) in [4.78, 5) is 8.44. The Labute approximate surface area is 126 Å². The third-order valence-corrected chi connectivity index (χ3v) is 3.39. The van der Waals surface area contributed by atoms with Crippen molar-refractivity contribution in [2.24, 2.45) is 0 Å². The molecule has 2 aromatic rings. The lowest BCUT2D eigenvalue weighted by atomic mass is 10.0. The van der Waals surface area contributed by atoms with Gasteiger partial charge < -0.3 is 10.1 Å². The third kappa shape index (κ3) is 4.53. The van der Waals surface area contributed by atoms with E-state index >= 15 is 0 Å². The van der Waals surface area contributed by atoms with Crippen LogP contribution in [-0.2, 0) is 6.54 Å². The van der Waals surface area contributed by atoms with Crippen LogP contribution in [0.4, 0.5) is 0 Å². The van der Waals surface area contributed by atoms with E-state index < -0.39 is 0 Å². The van der Waals surface area contributed by atoms with Crippen molar-refractivity contribution in [1.29, 1.82) is 0 Å². The summed E-state index contributed by atoms with van der Waals surface area (Å²) in [7, 11) is 0. The van der Waals surface area contributed by atoms with E-state index in [1.165, 1.54) is 5.56 Å². The first kappa shape index (κ1) is 15.4. The highest BCUT2D eigenvalue weighted by Crippen LogP contribution is 2.20. The van der Waals surface area contributed by atoms with E-state index in [-0.39, 0.29) is 0 Å². The minimum absolute atomic E-state index is 0.321. The molecular formula is C17H23N3O. The summed E-state index contributed by atoms with van der Waals surface area (Å²) in [5.74, 6) is 1.72. The van der Waals surface area contributed by atoms with Crippen molar-refractivity contribution in [1.82, 2.24) is 15.3 Å². The average Bonchev–Trinajstić information content (AvgIpc) is 2.51. The first-order valence-electron chi connectivity index (χ1n) is 7.46. The number of hydrogen-bond donors (Lipinski definition) is 1. The summed E-state index contributed by atoms with van der Waals surface area (Å²) in [5, 5.41) is 3.55. The lowest BCUT2D eigenvalue weighted by Crippen LogP contribution is -2.20. The van der Waals surface area contributed by atoms with Crippen LogP contribution < -0.4 is 10.1 Å². The number of aromatic nitrogens is 2. The number of nitrogens with one attached hydrogen (secondary N) is 1. The molecule has 1 aromatic carbocycles. The van der Waals surface area contributed by atoms with E-state index in [9.17, 15) is 0 Å². The van der Waals surface area contributed by atoms with Gasteiger partial charge in [-0.25, -0.2) is 9.97 Å². The molecule has 2 rings (SSSR count). The quantitative estimate of drug-likeness (QED) is 0.846. The molecule has 0 spiro atoms. The van der Waals surface area contributed by atoms with Crippen molar-refractivity contribution in [2.75, 3.05) is 6.61 Å². The maximum atomic E-state index is 5.48. The van der Waals surface area contributed by atoms with Crippen molar-refractivity contribution in [3.63, 3.8) is 0 Å². The van der Waals surface area contributed by atoms with Crippen molar-refractivity contribution < 1.29 is 4.74 Å². The van der Waals surface area contributed by atoms with Gasteiger partial charge in [0.05, 0.1) is 6.61 Å². The molecule has 0 saturated carbocycles. The van der Waals surface area contributed by atoms with Crippen LogP contribution in [0.2, 0.25) is 0 Å². The molecule has 0 unspecified atom stereocenters. The van der Waals surface area contributed by atoms with Gasteiger partial charge in [-0.15, -0.1) is 0 Å². The fourth-order valence-electron chi connectivity index (χ4n) is 2.21. The molecule has 0 amide bonds. The second-order valence-electron chi connectivity index (χ2n) is 4.98. The van der Waals surface area contributed by atoms with Crippen molar-refractivity contribution >= 4 is 0 Å². The minimum atomic E-state index is 0.321. The number of aryl methyl sites for hydroxylation is 1. The van der Waals surface area contributed by atoms with Gasteiger partial charge in [0.2, 0.25) is 0 Å². The molecule has 112 valence electrons. The fraction of sp³-hybridized carbons (Fsp3) is 0.412. The predicted molar refractivity (Wildman–Crippen MR) is 84.3 cm³/mol. The highest BCUT2D eigenvalue weighted by Gasteiger charge is 2.09. The van der Waals surface area contributed by atoms with Gasteiger partial charge in [0.1, 0.15) is 11.6 Å². The molecule has 1 N–H and O–H groups in total. The number of nitrogens with zero attached hydrogens (tertiary/aromatic N) is 2. The number of benzene rings is 1. The zero-order valence-corrected chi connectivity index (χ0v) is 13.0. The molecule has 0 saturated heterocycles. The van der Waals surface area contributed by atoms with Crippen LogP contribution in [0.25, 0.3) is 0 Å². The van der Waals surface area contributed by atoms with E-state index in [0.29, 0.717) is 12.6 Å². The highest BCUT2D eigenvalue weighted by molar-refractivity contribution is 5.29. The molecule has 0 bridgehead atoms. The van der Waals surface area contributed by atoms with Gasteiger partial charge in [0.15, 0.2) is 0 Å². The third-order valence-electron chi connectivity index (χ3n) is 3.39. The Morgan fingerprint density at radius 1 is 1.10 bits per heavy atom. The van der Waals surface area contributed by atoms with Crippen LogP contribution in [0, 0.1) is 6.92 Å². The summed E-state index contributed by atoms with van der Waals surface area (Å²) in [5.41, 5.74) is 2.37. The van der Waals surface area contributed by atoms with E-state index in [1.807, 2.05) is 38.4 Å². The van der Waals surface area contributed by atoms with Gasteiger partial charge in [-0.05, 0) is 38.0 Å². The molecule has 1 atom stereocenters. The van der Waals surface area contributed by atoms with Crippen LogP contribution in [-0.4, -0.2) is 16.6 Å². The summed E-state index contributed by atoms with van der Waals surface area (Å²) in [6.45, 7) is 7.54. The number of rotatable bonds is 7. The lowest BCUT2D eigenvalue weighted by Gasteiger charge is -2.18. The fourth-order valence-corrected chi connectivity index (χ4v) is 2.21. The molecule has 1 heterocycles. The standard InChI is InChI=1S/C17H23N3O/c1-4-17(15-6-8-16(9-7-15)21-5-2)20-12-14-10-18-13(3)19-11-14/h6-11,17,20H,4-5,12H2,1-3H3/t17-/m0/s1. The maximum Gasteiger partial charge on any atom is 0.125 e. The highest BCUT2D eigenvalue weighted by atomic mass is 16.5.